The summed E-state index contributed by atoms with van der Waals surface area (Å²) in [7, 11) is 0. The van der Waals surface area contributed by atoms with Gasteiger partial charge in [-0.2, -0.15) is 10.2 Å². The van der Waals surface area contributed by atoms with E-state index in [0.717, 1.165) is 40.3 Å². The van der Waals surface area contributed by atoms with E-state index in [1.54, 1.807) is 0 Å². The molecule has 3 aromatic rings. The van der Waals surface area contributed by atoms with Crippen LogP contribution in [0, 0.1) is 13.8 Å². The van der Waals surface area contributed by atoms with Crippen LogP contribution in [0.15, 0.2) is 41.0 Å². The van der Waals surface area contributed by atoms with Crippen molar-refractivity contribution >= 4 is 50.7 Å². The summed E-state index contributed by atoms with van der Waals surface area (Å²) in [5, 5.41) is 16.6. The summed E-state index contributed by atoms with van der Waals surface area (Å²) in [6.45, 7) is 6.34. The number of hydrogen-bond donors (Lipinski definition) is 2. The lowest BCUT2D eigenvalue weighted by atomic mass is 10.2. The summed E-state index contributed by atoms with van der Waals surface area (Å²) in [6, 6.07) is 9.80. The molecule has 0 radical (unpaired) electrons. The van der Waals surface area contributed by atoms with E-state index in [2.05, 4.69) is 49.8 Å². The molecule has 0 aliphatic carbocycles. The molecule has 0 saturated carbocycles. The molecule has 0 aliphatic heterocycles. The Balaban J connectivity index is 1.46. The van der Waals surface area contributed by atoms with Crippen molar-refractivity contribution < 1.29 is 0 Å². The first-order chi connectivity index (χ1) is 13.4. The highest BCUT2D eigenvalue weighted by Gasteiger charge is 2.09. The molecule has 2 heterocycles. The number of aryl methyl sites for hydroxylation is 3. The lowest BCUT2D eigenvalue weighted by Gasteiger charge is -2.09. The van der Waals surface area contributed by atoms with Crippen molar-refractivity contribution in [1.82, 2.24) is 24.9 Å². The number of aromatic nitrogens is 4. The predicted molar refractivity (Wildman–Crippen MR) is 121 cm³/mol. The number of benzene rings is 1. The van der Waals surface area contributed by atoms with Crippen LogP contribution >= 0.6 is 39.7 Å². The Morgan fingerprint density at radius 3 is 2.64 bits per heavy atom. The quantitative estimate of drug-likeness (QED) is 0.383. The van der Waals surface area contributed by atoms with Gasteiger partial charge in [-0.05, 0) is 72.2 Å². The molecule has 0 amide bonds. The third-order valence-corrected chi connectivity index (χ3v) is 5.22. The van der Waals surface area contributed by atoms with Gasteiger partial charge in [0.1, 0.15) is 0 Å². The Morgan fingerprint density at radius 1 is 1.21 bits per heavy atom. The largest absolute Gasteiger partial charge is 0.362 e. The SMILES string of the molecule is Cc1cc(C)n(CCCNC(=S)Nc2nn(Cc3ccc(Cl)cc3)cc2Br)n1. The monoisotopic (exact) mass is 480 g/mol. The van der Waals surface area contributed by atoms with E-state index in [-0.39, 0.29) is 0 Å². The third kappa shape index (κ3) is 5.80. The Labute approximate surface area is 183 Å². The molecule has 0 bridgehead atoms. The van der Waals surface area contributed by atoms with Crippen molar-refractivity contribution in [1.29, 1.82) is 0 Å². The highest BCUT2D eigenvalue weighted by molar-refractivity contribution is 9.10. The Hall–Kier alpha value is -1.90. The fraction of sp³-hybridized carbons (Fsp3) is 0.316. The molecule has 28 heavy (non-hydrogen) atoms. The normalized spacial score (nSPS) is 10.9. The van der Waals surface area contributed by atoms with Gasteiger partial charge in [0, 0.05) is 30.0 Å². The molecule has 2 N–H and O–H groups in total. The molecule has 2 aromatic heterocycles. The van der Waals surface area contributed by atoms with Crippen LogP contribution in [0.1, 0.15) is 23.4 Å². The van der Waals surface area contributed by atoms with E-state index >= 15 is 0 Å². The summed E-state index contributed by atoms with van der Waals surface area (Å²) in [4.78, 5) is 0. The van der Waals surface area contributed by atoms with E-state index in [4.69, 9.17) is 23.8 Å². The number of rotatable bonds is 7. The maximum absolute atomic E-state index is 5.93. The van der Waals surface area contributed by atoms with Gasteiger partial charge in [0.05, 0.1) is 16.7 Å². The van der Waals surface area contributed by atoms with Crippen molar-refractivity contribution in [3.8, 4) is 0 Å². The smallest absolute Gasteiger partial charge is 0.172 e. The van der Waals surface area contributed by atoms with Crippen molar-refractivity contribution in [2.45, 2.75) is 33.4 Å². The lowest BCUT2D eigenvalue weighted by Crippen LogP contribution is -2.30. The minimum atomic E-state index is 0.547. The summed E-state index contributed by atoms with van der Waals surface area (Å²) in [5.74, 6) is 0.685. The van der Waals surface area contributed by atoms with Crippen LogP contribution in [0.5, 0.6) is 0 Å². The number of nitrogens with one attached hydrogen (secondary N) is 2. The minimum Gasteiger partial charge on any atom is -0.362 e. The standard InChI is InChI=1S/C19H22BrClN6S/c1-13-10-14(2)27(24-13)9-3-8-22-19(28)23-18-17(20)12-26(25-18)11-15-4-6-16(21)7-5-15/h4-7,10,12H,3,8-9,11H2,1-2H3,(H2,22,23,25,28). The molecule has 0 fully saturated rings. The third-order valence-electron chi connectivity index (χ3n) is 4.14. The Kier molecular flexibility index (Phi) is 7.09. The molecule has 6 nitrogen and oxygen atoms in total. The second kappa shape index (κ2) is 9.54. The Morgan fingerprint density at radius 2 is 1.96 bits per heavy atom. The molecule has 1 aromatic carbocycles. The van der Waals surface area contributed by atoms with Crippen LogP contribution in [0.4, 0.5) is 5.82 Å². The topological polar surface area (TPSA) is 59.7 Å². The van der Waals surface area contributed by atoms with Crippen molar-refractivity contribution in [2.24, 2.45) is 0 Å². The molecule has 148 valence electrons. The van der Waals surface area contributed by atoms with Gasteiger partial charge in [0.25, 0.3) is 0 Å². The average molecular weight is 482 g/mol. The van der Waals surface area contributed by atoms with E-state index < -0.39 is 0 Å². The maximum Gasteiger partial charge on any atom is 0.172 e. The van der Waals surface area contributed by atoms with Gasteiger partial charge < -0.3 is 10.6 Å². The molecule has 0 unspecified atom stereocenters. The van der Waals surface area contributed by atoms with Gasteiger partial charge in [-0.25, -0.2) is 0 Å². The zero-order chi connectivity index (χ0) is 20.1. The molecule has 0 atom stereocenters. The zero-order valence-corrected chi connectivity index (χ0v) is 18.9. The van der Waals surface area contributed by atoms with E-state index in [9.17, 15) is 0 Å². The van der Waals surface area contributed by atoms with Gasteiger partial charge >= 0.3 is 0 Å². The summed E-state index contributed by atoms with van der Waals surface area (Å²) in [6.07, 6.45) is 2.85. The van der Waals surface area contributed by atoms with Gasteiger partial charge in [0.15, 0.2) is 10.9 Å². The predicted octanol–water partition coefficient (Wildman–Crippen LogP) is 4.54. The molecule has 9 heteroatoms. The molecular formula is C19H22BrClN6S. The Bertz CT molecular complexity index is 950. The van der Waals surface area contributed by atoms with Gasteiger partial charge in [-0.3, -0.25) is 9.36 Å². The van der Waals surface area contributed by atoms with Crippen molar-refractivity contribution in [3.63, 3.8) is 0 Å². The van der Waals surface area contributed by atoms with Crippen molar-refractivity contribution in [2.75, 3.05) is 11.9 Å². The van der Waals surface area contributed by atoms with E-state index in [1.165, 1.54) is 5.69 Å². The van der Waals surface area contributed by atoms with Gasteiger partial charge in [-0.1, -0.05) is 23.7 Å². The second-order valence-electron chi connectivity index (χ2n) is 6.53. The van der Waals surface area contributed by atoms with Crippen LogP contribution in [0.25, 0.3) is 0 Å². The fourth-order valence-electron chi connectivity index (χ4n) is 2.82. The highest BCUT2D eigenvalue weighted by Crippen LogP contribution is 2.21. The van der Waals surface area contributed by atoms with Crippen LogP contribution < -0.4 is 10.6 Å². The number of nitrogens with zero attached hydrogens (tertiary/aromatic N) is 4. The first-order valence-corrected chi connectivity index (χ1v) is 10.5. The van der Waals surface area contributed by atoms with Gasteiger partial charge in [0.2, 0.25) is 0 Å². The van der Waals surface area contributed by atoms with Crippen LogP contribution in [-0.4, -0.2) is 31.2 Å². The number of hydrogen-bond acceptors (Lipinski definition) is 3. The van der Waals surface area contributed by atoms with Crippen LogP contribution in [0.3, 0.4) is 0 Å². The molecular weight excluding hydrogens is 460 g/mol. The second-order valence-corrected chi connectivity index (χ2v) is 8.23. The van der Waals surface area contributed by atoms with Crippen molar-refractivity contribution in [3.05, 3.63) is 63.0 Å². The zero-order valence-electron chi connectivity index (χ0n) is 15.7. The first kappa shape index (κ1) is 20.8. The molecule has 3 rings (SSSR count). The summed E-state index contributed by atoms with van der Waals surface area (Å²) in [5.41, 5.74) is 3.34. The van der Waals surface area contributed by atoms with Crippen LogP contribution in [0.2, 0.25) is 5.02 Å². The molecule has 0 spiro atoms. The summed E-state index contributed by atoms with van der Waals surface area (Å²) < 4.78 is 4.72. The van der Waals surface area contributed by atoms with Gasteiger partial charge in [-0.15, -0.1) is 0 Å². The number of halogens is 2. The van der Waals surface area contributed by atoms with Crippen LogP contribution in [-0.2, 0) is 13.1 Å². The lowest BCUT2D eigenvalue weighted by molar-refractivity contribution is 0.558. The van der Waals surface area contributed by atoms with E-state index in [0.29, 0.717) is 17.5 Å². The molecule has 0 aliphatic rings. The maximum atomic E-state index is 5.93. The average Bonchev–Trinajstić information content (AvgIpc) is 3.14. The fourth-order valence-corrected chi connectivity index (χ4v) is 3.56. The number of anilines is 1. The first-order valence-electron chi connectivity index (χ1n) is 8.94. The minimum absolute atomic E-state index is 0.547. The number of thiocarbonyl (C=S) groups is 1. The van der Waals surface area contributed by atoms with E-state index in [1.807, 2.05) is 46.7 Å². The molecule has 0 saturated heterocycles. The summed E-state index contributed by atoms with van der Waals surface area (Å²) >= 11 is 14.8. The highest BCUT2D eigenvalue weighted by atomic mass is 79.9.